The van der Waals surface area contributed by atoms with Crippen LogP contribution in [0.15, 0.2) is 16.7 Å². The molecule has 0 spiro atoms. The Morgan fingerprint density at radius 3 is 2.63 bits per heavy atom. The second-order valence-corrected chi connectivity index (χ2v) is 5.79. The van der Waals surface area contributed by atoms with Gasteiger partial charge in [-0.05, 0) is 54.0 Å². The van der Waals surface area contributed by atoms with Crippen molar-refractivity contribution in [3.63, 3.8) is 0 Å². The van der Waals surface area contributed by atoms with Crippen molar-refractivity contribution >= 4 is 28.4 Å². The van der Waals surface area contributed by atoms with E-state index in [1.807, 2.05) is 13.0 Å². The largest absolute Gasteiger partial charge is 0.461 e. The predicted octanol–water partition coefficient (Wildman–Crippen LogP) is 4.20. The first-order chi connectivity index (χ1) is 9.04. The molecule has 0 atom stereocenters. The van der Waals surface area contributed by atoms with Crippen LogP contribution in [0.1, 0.15) is 37.9 Å². The Balaban J connectivity index is 2.59. The molecule has 0 bridgehead atoms. The van der Waals surface area contributed by atoms with Crippen molar-refractivity contribution in [2.75, 3.05) is 11.9 Å². The number of aromatic nitrogens is 2. The van der Waals surface area contributed by atoms with E-state index in [4.69, 9.17) is 4.42 Å². The lowest BCUT2D eigenvalue weighted by Crippen LogP contribution is -2.09. The van der Waals surface area contributed by atoms with Crippen molar-refractivity contribution in [2.24, 2.45) is 0 Å². The SMILES string of the molecule is CCNc1nc(-c2occc2C)nc(C(C)C)c1I. The molecule has 0 saturated heterocycles. The molecular formula is C14H18IN3O. The molecule has 4 nitrogen and oxygen atoms in total. The molecular weight excluding hydrogens is 353 g/mol. The summed E-state index contributed by atoms with van der Waals surface area (Å²) < 4.78 is 6.59. The topological polar surface area (TPSA) is 51.0 Å². The third-order valence-corrected chi connectivity index (χ3v) is 3.90. The van der Waals surface area contributed by atoms with Crippen LogP contribution in [-0.2, 0) is 0 Å². The Bertz CT molecular complexity index is 578. The van der Waals surface area contributed by atoms with Gasteiger partial charge in [0.2, 0.25) is 0 Å². The molecule has 2 rings (SSSR count). The molecule has 0 aromatic carbocycles. The van der Waals surface area contributed by atoms with Gasteiger partial charge in [0.25, 0.3) is 0 Å². The Morgan fingerprint density at radius 1 is 1.37 bits per heavy atom. The highest BCUT2D eigenvalue weighted by atomic mass is 127. The number of halogens is 1. The zero-order valence-corrected chi connectivity index (χ0v) is 13.8. The number of furan rings is 1. The number of nitrogens with one attached hydrogen (secondary N) is 1. The molecule has 0 radical (unpaired) electrons. The van der Waals surface area contributed by atoms with Gasteiger partial charge in [0.1, 0.15) is 5.82 Å². The van der Waals surface area contributed by atoms with Crippen LogP contribution >= 0.6 is 22.6 Å². The summed E-state index contributed by atoms with van der Waals surface area (Å²) in [7, 11) is 0. The van der Waals surface area contributed by atoms with Crippen LogP contribution in [0.5, 0.6) is 0 Å². The Kier molecular flexibility index (Phi) is 4.44. The highest BCUT2D eigenvalue weighted by Crippen LogP contribution is 2.29. The summed E-state index contributed by atoms with van der Waals surface area (Å²) in [4.78, 5) is 9.25. The monoisotopic (exact) mass is 371 g/mol. The molecule has 0 fully saturated rings. The summed E-state index contributed by atoms with van der Waals surface area (Å²) in [6, 6.07) is 1.93. The minimum absolute atomic E-state index is 0.348. The van der Waals surface area contributed by atoms with Crippen LogP contribution in [-0.4, -0.2) is 16.5 Å². The van der Waals surface area contributed by atoms with Crippen LogP contribution in [0, 0.1) is 10.5 Å². The molecule has 0 amide bonds. The van der Waals surface area contributed by atoms with E-state index >= 15 is 0 Å². The van der Waals surface area contributed by atoms with Crippen LogP contribution in [0.25, 0.3) is 11.6 Å². The van der Waals surface area contributed by atoms with E-state index in [0.29, 0.717) is 11.7 Å². The molecule has 5 heteroatoms. The van der Waals surface area contributed by atoms with E-state index in [2.05, 4.69) is 58.6 Å². The van der Waals surface area contributed by atoms with Crippen molar-refractivity contribution in [1.82, 2.24) is 9.97 Å². The second-order valence-electron chi connectivity index (χ2n) is 4.71. The molecule has 0 saturated carbocycles. The van der Waals surface area contributed by atoms with Gasteiger partial charge in [-0.15, -0.1) is 0 Å². The minimum atomic E-state index is 0.348. The number of nitrogens with zero attached hydrogens (tertiary/aromatic N) is 2. The fraction of sp³-hybridized carbons (Fsp3) is 0.429. The van der Waals surface area contributed by atoms with E-state index in [1.165, 1.54) is 0 Å². The van der Waals surface area contributed by atoms with Gasteiger partial charge in [0, 0.05) is 6.54 Å². The summed E-state index contributed by atoms with van der Waals surface area (Å²) in [5.41, 5.74) is 2.11. The molecule has 19 heavy (non-hydrogen) atoms. The first-order valence-electron chi connectivity index (χ1n) is 6.40. The van der Waals surface area contributed by atoms with Crippen molar-refractivity contribution in [1.29, 1.82) is 0 Å². The molecule has 102 valence electrons. The molecule has 2 heterocycles. The smallest absolute Gasteiger partial charge is 0.198 e. The molecule has 1 N–H and O–H groups in total. The highest BCUT2D eigenvalue weighted by Gasteiger charge is 2.17. The zero-order chi connectivity index (χ0) is 14.0. The van der Waals surface area contributed by atoms with Crippen molar-refractivity contribution in [3.8, 4) is 11.6 Å². The van der Waals surface area contributed by atoms with Crippen LogP contribution < -0.4 is 5.32 Å². The molecule has 0 unspecified atom stereocenters. The van der Waals surface area contributed by atoms with Crippen LogP contribution in [0.2, 0.25) is 0 Å². The molecule has 2 aromatic heterocycles. The van der Waals surface area contributed by atoms with Crippen LogP contribution in [0.4, 0.5) is 5.82 Å². The number of hydrogen-bond acceptors (Lipinski definition) is 4. The van der Waals surface area contributed by atoms with Gasteiger partial charge in [-0.25, -0.2) is 9.97 Å². The molecule has 0 aliphatic heterocycles. The van der Waals surface area contributed by atoms with Gasteiger partial charge in [-0.1, -0.05) is 13.8 Å². The van der Waals surface area contributed by atoms with E-state index < -0.39 is 0 Å². The van der Waals surface area contributed by atoms with Crippen molar-refractivity contribution in [2.45, 2.75) is 33.6 Å². The maximum Gasteiger partial charge on any atom is 0.198 e. The third-order valence-electron chi connectivity index (χ3n) is 2.83. The summed E-state index contributed by atoms with van der Waals surface area (Å²) in [6.45, 7) is 9.17. The summed E-state index contributed by atoms with van der Waals surface area (Å²) in [6.07, 6.45) is 1.67. The Labute approximate surface area is 127 Å². The lowest BCUT2D eigenvalue weighted by Gasteiger charge is -2.13. The summed E-state index contributed by atoms with van der Waals surface area (Å²) in [5.74, 6) is 2.63. The van der Waals surface area contributed by atoms with E-state index in [1.54, 1.807) is 6.26 Å². The fourth-order valence-electron chi connectivity index (χ4n) is 1.83. The quantitative estimate of drug-likeness (QED) is 0.819. The number of anilines is 1. The fourth-order valence-corrected chi connectivity index (χ4v) is 2.89. The number of hydrogen-bond donors (Lipinski definition) is 1. The van der Waals surface area contributed by atoms with E-state index in [-0.39, 0.29) is 0 Å². The lowest BCUT2D eigenvalue weighted by molar-refractivity contribution is 0.574. The standard InChI is InChI=1S/C14H18IN3O/c1-5-16-13-10(15)11(8(2)3)17-14(18-13)12-9(4)6-7-19-12/h6-8H,5H2,1-4H3,(H,16,17,18). The predicted molar refractivity (Wildman–Crippen MR) is 85.4 cm³/mol. The maximum absolute atomic E-state index is 5.50. The van der Waals surface area contributed by atoms with E-state index in [9.17, 15) is 0 Å². The highest BCUT2D eigenvalue weighted by molar-refractivity contribution is 14.1. The van der Waals surface area contributed by atoms with Crippen molar-refractivity contribution < 1.29 is 4.42 Å². The summed E-state index contributed by atoms with van der Waals surface area (Å²) >= 11 is 2.30. The Hall–Kier alpha value is -1.11. The first kappa shape index (κ1) is 14.3. The van der Waals surface area contributed by atoms with E-state index in [0.717, 1.165) is 33.0 Å². The van der Waals surface area contributed by atoms with Gasteiger partial charge in [0.15, 0.2) is 11.6 Å². The van der Waals surface area contributed by atoms with Crippen molar-refractivity contribution in [3.05, 3.63) is 27.2 Å². The molecule has 0 aliphatic carbocycles. The third kappa shape index (κ3) is 2.91. The summed E-state index contributed by atoms with van der Waals surface area (Å²) in [5, 5.41) is 3.29. The van der Waals surface area contributed by atoms with Gasteiger partial charge in [-0.2, -0.15) is 0 Å². The van der Waals surface area contributed by atoms with Gasteiger partial charge >= 0.3 is 0 Å². The average Bonchev–Trinajstić information content (AvgIpc) is 2.78. The normalized spacial score (nSPS) is 11.1. The van der Waals surface area contributed by atoms with Gasteiger partial charge < -0.3 is 9.73 Å². The second kappa shape index (κ2) is 5.90. The molecule has 0 aliphatic rings. The Morgan fingerprint density at radius 2 is 2.11 bits per heavy atom. The number of rotatable bonds is 4. The maximum atomic E-state index is 5.50. The minimum Gasteiger partial charge on any atom is -0.461 e. The average molecular weight is 371 g/mol. The first-order valence-corrected chi connectivity index (χ1v) is 7.48. The lowest BCUT2D eigenvalue weighted by atomic mass is 10.1. The molecule has 2 aromatic rings. The zero-order valence-electron chi connectivity index (χ0n) is 11.6. The van der Waals surface area contributed by atoms with Gasteiger partial charge in [0.05, 0.1) is 15.5 Å². The number of aryl methyl sites for hydroxylation is 1. The van der Waals surface area contributed by atoms with Crippen LogP contribution in [0.3, 0.4) is 0 Å². The van der Waals surface area contributed by atoms with Gasteiger partial charge in [-0.3, -0.25) is 0 Å².